The normalized spacial score (nSPS) is 17.5. The number of carbonyl (C=O) groups excluding carboxylic acids is 1. The van der Waals surface area contributed by atoms with Gasteiger partial charge in [0.1, 0.15) is 0 Å². The molecule has 0 spiro atoms. The van der Waals surface area contributed by atoms with Crippen molar-refractivity contribution in [2.75, 3.05) is 6.54 Å². The molecule has 1 N–H and O–H groups in total. The van der Waals surface area contributed by atoms with Gasteiger partial charge in [-0.1, -0.05) is 60.7 Å². The SMILES string of the molecule is O=C1CC[C@H](Cn2nc(-c3ccccc3)nc2-c2ccccc2)CCN1. The number of aromatic nitrogens is 3. The summed E-state index contributed by atoms with van der Waals surface area (Å²) in [5.41, 5.74) is 2.08. The molecule has 5 heteroatoms. The Bertz CT molecular complexity index is 874. The first-order valence-electron chi connectivity index (χ1n) is 9.12. The van der Waals surface area contributed by atoms with Gasteiger partial charge >= 0.3 is 0 Å². The highest BCUT2D eigenvalue weighted by molar-refractivity contribution is 5.76. The van der Waals surface area contributed by atoms with Crippen molar-refractivity contribution in [2.45, 2.75) is 25.8 Å². The van der Waals surface area contributed by atoms with E-state index in [1.807, 2.05) is 53.2 Å². The molecule has 132 valence electrons. The first kappa shape index (κ1) is 16.5. The second-order valence-corrected chi connectivity index (χ2v) is 6.72. The third kappa shape index (κ3) is 3.67. The smallest absolute Gasteiger partial charge is 0.220 e. The van der Waals surface area contributed by atoms with Crippen LogP contribution in [0.5, 0.6) is 0 Å². The van der Waals surface area contributed by atoms with Crippen LogP contribution in [0.4, 0.5) is 0 Å². The van der Waals surface area contributed by atoms with Crippen LogP contribution >= 0.6 is 0 Å². The molecule has 0 radical (unpaired) electrons. The molecule has 1 amide bonds. The van der Waals surface area contributed by atoms with Gasteiger partial charge in [-0.05, 0) is 18.8 Å². The summed E-state index contributed by atoms with van der Waals surface area (Å²) in [5, 5.41) is 7.75. The van der Waals surface area contributed by atoms with Crippen molar-refractivity contribution in [3.05, 3.63) is 60.7 Å². The maximum absolute atomic E-state index is 11.6. The predicted molar refractivity (Wildman–Crippen MR) is 101 cm³/mol. The molecule has 2 aromatic carbocycles. The second-order valence-electron chi connectivity index (χ2n) is 6.72. The average Bonchev–Trinajstić information content (AvgIpc) is 3.00. The van der Waals surface area contributed by atoms with E-state index in [1.165, 1.54) is 0 Å². The van der Waals surface area contributed by atoms with Gasteiger partial charge in [-0.25, -0.2) is 9.67 Å². The van der Waals surface area contributed by atoms with Crippen LogP contribution in [0.25, 0.3) is 22.8 Å². The molecule has 1 aromatic heterocycles. The van der Waals surface area contributed by atoms with Gasteiger partial charge in [0.25, 0.3) is 0 Å². The Morgan fingerprint density at radius 2 is 1.65 bits per heavy atom. The van der Waals surface area contributed by atoms with Gasteiger partial charge in [-0.2, -0.15) is 5.10 Å². The molecule has 1 fully saturated rings. The minimum absolute atomic E-state index is 0.152. The maximum atomic E-state index is 11.6. The number of nitrogens with one attached hydrogen (secondary N) is 1. The second kappa shape index (κ2) is 7.52. The zero-order chi connectivity index (χ0) is 17.8. The third-order valence-electron chi connectivity index (χ3n) is 4.82. The largest absolute Gasteiger partial charge is 0.356 e. The standard InChI is InChI=1S/C21H22N4O/c26-19-12-11-16(13-14-22-19)15-25-21(18-9-5-2-6-10-18)23-20(24-25)17-7-3-1-4-8-17/h1-10,16H,11-15H2,(H,22,26)/t16-/m0/s1. The molecule has 1 aliphatic rings. The van der Waals surface area contributed by atoms with E-state index in [0.29, 0.717) is 12.3 Å². The van der Waals surface area contributed by atoms with Gasteiger partial charge in [0.05, 0.1) is 0 Å². The van der Waals surface area contributed by atoms with Crippen molar-refractivity contribution < 1.29 is 4.79 Å². The van der Waals surface area contributed by atoms with Crippen LogP contribution in [0.3, 0.4) is 0 Å². The van der Waals surface area contributed by atoms with E-state index in [1.54, 1.807) is 0 Å². The molecule has 2 heterocycles. The van der Waals surface area contributed by atoms with E-state index < -0.39 is 0 Å². The van der Waals surface area contributed by atoms with Crippen molar-refractivity contribution in [2.24, 2.45) is 5.92 Å². The molecule has 3 aromatic rings. The molecule has 1 atom stereocenters. The zero-order valence-electron chi connectivity index (χ0n) is 14.6. The number of carbonyl (C=O) groups is 1. The number of nitrogens with zero attached hydrogens (tertiary/aromatic N) is 3. The Kier molecular flexibility index (Phi) is 4.78. The molecule has 26 heavy (non-hydrogen) atoms. The fraction of sp³-hybridized carbons (Fsp3) is 0.286. The Balaban J connectivity index is 1.67. The lowest BCUT2D eigenvalue weighted by molar-refractivity contribution is -0.120. The summed E-state index contributed by atoms with van der Waals surface area (Å²) in [6.45, 7) is 1.52. The first-order valence-corrected chi connectivity index (χ1v) is 9.12. The van der Waals surface area contributed by atoms with Crippen LogP contribution in [-0.4, -0.2) is 27.2 Å². The number of benzene rings is 2. The molecule has 4 rings (SSSR count). The van der Waals surface area contributed by atoms with Crippen LogP contribution in [0, 0.1) is 5.92 Å². The maximum Gasteiger partial charge on any atom is 0.220 e. The summed E-state index contributed by atoms with van der Waals surface area (Å²) in [5.74, 6) is 2.20. The van der Waals surface area contributed by atoms with E-state index in [0.717, 1.165) is 48.7 Å². The monoisotopic (exact) mass is 346 g/mol. The van der Waals surface area contributed by atoms with Crippen LogP contribution < -0.4 is 5.32 Å². The highest BCUT2D eigenvalue weighted by atomic mass is 16.1. The summed E-state index contributed by atoms with van der Waals surface area (Å²) >= 11 is 0. The summed E-state index contributed by atoms with van der Waals surface area (Å²) in [4.78, 5) is 16.4. The molecule has 0 aliphatic carbocycles. The summed E-state index contributed by atoms with van der Waals surface area (Å²) < 4.78 is 2.01. The Labute approximate surface area is 153 Å². The topological polar surface area (TPSA) is 59.8 Å². The Morgan fingerprint density at radius 1 is 0.962 bits per heavy atom. The van der Waals surface area contributed by atoms with Crippen molar-refractivity contribution in [1.82, 2.24) is 20.1 Å². The van der Waals surface area contributed by atoms with Gasteiger partial charge in [0, 0.05) is 30.6 Å². The predicted octanol–water partition coefficient (Wildman–Crippen LogP) is 3.53. The zero-order valence-corrected chi connectivity index (χ0v) is 14.6. The summed E-state index contributed by atoms with van der Waals surface area (Å²) in [6.07, 6.45) is 2.45. The molecule has 1 aliphatic heterocycles. The lowest BCUT2D eigenvalue weighted by Crippen LogP contribution is -2.21. The van der Waals surface area contributed by atoms with Crippen molar-refractivity contribution in [1.29, 1.82) is 0 Å². The van der Waals surface area contributed by atoms with E-state index >= 15 is 0 Å². The minimum atomic E-state index is 0.152. The lowest BCUT2D eigenvalue weighted by atomic mass is 10.0. The first-order chi connectivity index (χ1) is 12.8. The fourth-order valence-corrected chi connectivity index (χ4v) is 3.39. The Hall–Kier alpha value is -2.95. The van der Waals surface area contributed by atoms with E-state index in [4.69, 9.17) is 10.1 Å². The fourth-order valence-electron chi connectivity index (χ4n) is 3.39. The molecule has 1 saturated heterocycles. The van der Waals surface area contributed by atoms with Gasteiger partial charge in [-0.15, -0.1) is 0 Å². The van der Waals surface area contributed by atoms with Crippen LogP contribution in [0.15, 0.2) is 60.7 Å². The summed E-state index contributed by atoms with van der Waals surface area (Å²) in [7, 11) is 0. The van der Waals surface area contributed by atoms with Crippen molar-refractivity contribution in [3.8, 4) is 22.8 Å². The van der Waals surface area contributed by atoms with Crippen molar-refractivity contribution >= 4 is 5.91 Å². The van der Waals surface area contributed by atoms with Gasteiger partial charge < -0.3 is 5.32 Å². The van der Waals surface area contributed by atoms with E-state index in [9.17, 15) is 4.79 Å². The van der Waals surface area contributed by atoms with E-state index in [-0.39, 0.29) is 5.91 Å². The number of hydrogen-bond acceptors (Lipinski definition) is 3. The van der Waals surface area contributed by atoms with E-state index in [2.05, 4.69) is 17.4 Å². The lowest BCUT2D eigenvalue weighted by Gasteiger charge is -2.14. The highest BCUT2D eigenvalue weighted by Gasteiger charge is 2.20. The average molecular weight is 346 g/mol. The van der Waals surface area contributed by atoms with Crippen molar-refractivity contribution in [3.63, 3.8) is 0 Å². The minimum Gasteiger partial charge on any atom is -0.356 e. The molecule has 0 bridgehead atoms. The Morgan fingerprint density at radius 3 is 2.38 bits per heavy atom. The molecular weight excluding hydrogens is 324 g/mol. The number of amides is 1. The van der Waals surface area contributed by atoms with Gasteiger partial charge in [0.15, 0.2) is 11.6 Å². The summed E-state index contributed by atoms with van der Waals surface area (Å²) in [6, 6.07) is 20.2. The highest BCUT2D eigenvalue weighted by Crippen LogP contribution is 2.25. The molecule has 0 unspecified atom stereocenters. The van der Waals surface area contributed by atoms with Crippen LogP contribution in [-0.2, 0) is 11.3 Å². The number of hydrogen-bond donors (Lipinski definition) is 1. The van der Waals surface area contributed by atoms with Gasteiger partial charge in [0.2, 0.25) is 5.91 Å². The van der Waals surface area contributed by atoms with Crippen LogP contribution in [0.2, 0.25) is 0 Å². The van der Waals surface area contributed by atoms with Gasteiger partial charge in [-0.3, -0.25) is 4.79 Å². The van der Waals surface area contributed by atoms with Crippen LogP contribution in [0.1, 0.15) is 19.3 Å². The third-order valence-corrected chi connectivity index (χ3v) is 4.82. The number of rotatable bonds is 4. The molecule has 0 saturated carbocycles. The quantitative estimate of drug-likeness (QED) is 0.786. The molecule has 5 nitrogen and oxygen atoms in total. The molecular formula is C21H22N4O.